The Hall–Kier alpha value is -0.610. The molecule has 21 heavy (non-hydrogen) atoms. The van der Waals surface area contributed by atoms with Crippen LogP contribution >= 0.6 is 0 Å². The molecule has 3 unspecified atom stereocenters. The smallest absolute Gasteiger partial charge is 0.225 e. The molecule has 2 saturated carbocycles. The Bertz CT molecular complexity index is 375. The van der Waals surface area contributed by atoms with E-state index >= 15 is 0 Å². The number of carbonyl (C=O) groups excluding carboxylic acids is 1. The largest absolute Gasteiger partial charge is 0.393 e. The van der Waals surface area contributed by atoms with E-state index in [-0.39, 0.29) is 23.7 Å². The van der Waals surface area contributed by atoms with Gasteiger partial charge in [-0.05, 0) is 51.4 Å². The molecule has 3 rings (SSSR count). The van der Waals surface area contributed by atoms with Crippen LogP contribution < -0.4 is 0 Å². The summed E-state index contributed by atoms with van der Waals surface area (Å²) < 4.78 is 5.62. The summed E-state index contributed by atoms with van der Waals surface area (Å²) in [5.74, 6) is 0.550. The van der Waals surface area contributed by atoms with Crippen LogP contribution in [0, 0.1) is 5.92 Å². The predicted molar refractivity (Wildman–Crippen MR) is 80.9 cm³/mol. The van der Waals surface area contributed by atoms with Gasteiger partial charge in [0.05, 0.1) is 18.1 Å². The van der Waals surface area contributed by atoms with Gasteiger partial charge in [-0.2, -0.15) is 0 Å². The number of hydrogen-bond acceptors (Lipinski definition) is 3. The first-order chi connectivity index (χ1) is 10.2. The molecule has 0 radical (unpaired) electrons. The molecule has 0 aromatic rings. The fourth-order valence-corrected chi connectivity index (χ4v) is 4.53. The van der Waals surface area contributed by atoms with E-state index in [1.807, 2.05) is 0 Å². The van der Waals surface area contributed by atoms with Gasteiger partial charge < -0.3 is 14.7 Å². The highest BCUT2D eigenvalue weighted by Gasteiger charge is 2.43. The number of nitrogens with zero attached hydrogens (tertiary/aromatic N) is 1. The number of ether oxygens (including phenoxy) is 1. The lowest BCUT2D eigenvalue weighted by Crippen LogP contribution is -2.52. The number of piperidine rings is 1. The minimum absolute atomic E-state index is 0.187. The molecular formula is C17H29NO3. The molecule has 1 N–H and O–H groups in total. The topological polar surface area (TPSA) is 49.8 Å². The van der Waals surface area contributed by atoms with Gasteiger partial charge in [0.1, 0.15) is 0 Å². The van der Waals surface area contributed by atoms with Crippen LogP contribution in [-0.2, 0) is 9.53 Å². The highest BCUT2D eigenvalue weighted by Crippen LogP contribution is 2.40. The maximum Gasteiger partial charge on any atom is 0.225 e. The van der Waals surface area contributed by atoms with Gasteiger partial charge in [-0.1, -0.05) is 6.42 Å². The Balaban J connectivity index is 1.67. The highest BCUT2D eigenvalue weighted by molar-refractivity contribution is 5.78. The lowest BCUT2D eigenvalue weighted by Gasteiger charge is -2.45. The zero-order valence-corrected chi connectivity index (χ0v) is 13.2. The Morgan fingerprint density at radius 1 is 1.19 bits per heavy atom. The summed E-state index contributed by atoms with van der Waals surface area (Å²) in [7, 11) is 1.74. The van der Waals surface area contributed by atoms with Crippen molar-refractivity contribution in [2.45, 2.75) is 82.0 Å². The van der Waals surface area contributed by atoms with Crippen molar-refractivity contribution >= 4 is 5.91 Å². The van der Waals surface area contributed by atoms with Gasteiger partial charge in [0.2, 0.25) is 5.91 Å². The van der Waals surface area contributed by atoms with Crippen LogP contribution in [0.4, 0.5) is 0 Å². The van der Waals surface area contributed by atoms with E-state index in [9.17, 15) is 9.90 Å². The van der Waals surface area contributed by atoms with Crippen LogP contribution in [0.1, 0.15) is 64.2 Å². The van der Waals surface area contributed by atoms with Gasteiger partial charge in [0, 0.05) is 25.6 Å². The molecule has 0 bridgehead atoms. The molecule has 3 atom stereocenters. The normalized spacial score (nSPS) is 35.5. The molecule has 0 aromatic heterocycles. The van der Waals surface area contributed by atoms with E-state index in [0.29, 0.717) is 12.3 Å². The van der Waals surface area contributed by atoms with Gasteiger partial charge in [-0.25, -0.2) is 0 Å². The average molecular weight is 295 g/mol. The Morgan fingerprint density at radius 2 is 2.00 bits per heavy atom. The fraction of sp³-hybridized carbons (Fsp3) is 0.941. The molecule has 3 aliphatic rings. The van der Waals surface area contributed by atoms with Crippen molar-refractivity contribution in [3.63, 3.8) is 0 Å². The number of amides is 1. The minimum Gasteiger partial charge on any atom is -0.393 e. The molecule has 4 nitrogen and oxygen atoms in total. The SMILES string of the molecule is COC1(CC(=O)N2CCCCC2C2CCCC2O)CCC1. The average Bonchev–Trinajstić information content (AvgIpc) is 2.89. The summed E-state index contributed by atoms with van der Waals surface area (Å²) in [4.78, 5) is 14.9. The first kappa shape index (κ1) is 15.3. The third-order valence-electron chi connectivity index (χ3n) is 6.07. The van der Waals surface area contributed by atoms with E-state index < -0.39 is 0 Å². The molecule has 3 fully saturated rings. The monoisotopic (exact) mass is 295 g/mol. The van der Waals surface area contributed by atoms with Crippen LogP contribution in [0.25, 0.3) is 0 Å². The number of rotatable bonds is 4. The molecular weight excluding hydrogens is 266 g/mol. The lowest BCUT2D eigenvalue weighted by molar-refractivity contribution is -0.149. The van der Waals surface area contributed by atoms with Crippen LogP contribution in [0.15, 0.2) is 0 Å². The number of methoxy groups -OCH3 is 1. The van der Waals surface area contributed by atoms with Crippen molar-refractivity contribution in [2.75, 3.05) is 13.7 Å². The first-order valence-corrected chi connectivity index (χ1v) is 8.68. The predicted octanol–water partition coefficient (Wildman–Crippen LogP) is 2.49. The summed E-state index contributed by atoms with van der Waals surface area (Å²) in [6.45, 7) is 0.868. The van der Waals surface area contributed by atoms with Crippen LogP contribution in [0.2, 0.25) is 0 Å². The number of aliphatic hydroxyl groups is 1. The van der Waals surface area contributed by atoms with E-state index in [1.54, 1.807) is 7.11 Å². The molecule has 0 aromatic carbocycles. The number of hydrogen-bond donors (Lipinski definition) is 1. The van der Waals surface area contributed by atoms with E-state index in [4.69, 9.17) is 4.74 Å². The molecule has 1 aliphatic heterocycles. The molecule has 120 valence electrons. The van der Waals surface area contributed by atoms with E-state index in [2.05, 4.69) is 4.90 Å². The molecule has 0 spiro atoms. The third-order valence-corrected chi connectivity index (χ3v) is 6.07. The third kappa shape index (κ3) is 2.98. The summed E-state index contributed by atoms with van der Waals surface area (Å²) in [6, 6.07) is 0.262. The standard InChI is InChI=1S/C17H29NO3/c1-21-17(9-5-10-17)12-16(20)18-11-3-2-7-14(18)13-6-4-8-15(13)19/h13-15,19H,2-12H2,1H3. The van der Waals surface area contributed by atoms with Crippen molar-refractivity contribution < 1.29 is 14.6 Å². The zero-order valence-electron chi connectivity index (χ0n) is 13.2. The van der Waals surface area contributed by atoms with Crippen molar-refractivity contribution in [1.29, 1.82) is 0 Å². The summed E-state index contributed by atoms with van der Waals surface area (Å²) in [5, 5.41) is 10.2. The maximum atomic E-state index is 12.8. The Morgan fingerprint density at radius 3 is 2.57 bits per heavy atom. The molecule has 1 heterocycles. The van der Waals surface area contributed by atoms with Gasteiger partial charge in [0.25, 0.3) is 0 Å². The van der Waals surface area contributed by atoms with Crippen LogP contribution in [0.3, 0.4) is 0 Å². The second-order valence-corrected chi connectivity index (χ2v) is 7.23. The summed E-state index contributed by atoms with van der Waals surface area (Å²) in [5.41, 5.74) is -0.187. The second kappa shape index (κ2) is 6.25. The van der Waals surface area contributed by atoms with Gasteiger partial charge in [-0.15, -0.1) is 0 Å². The van der Waals surface area contributed by atoms with Gasteiger partial charge >= 0.3 is 0 Å². The lowest BCUT2D eigenvalue weighted by atomic mass is 9.76. The number of aliphatic hydroxyl groups excluding tert-OH is 1. The molecule has 2 aliphatic carbocycles. The molecule has 4 heteroatoms. The molecule has 1 saturated heterocycles. The zero-order chi connectivity index (χ0) is 14.9. The Labute approximate surface area is 127 Å². The quantitative estimate of drug-likeness (QED) is 0.867. The van der Waals surface area contributed by atoms with Crippen molar-refractivity contribution in [2.24, 2.45) is 5.92 Å². The van der Waals surface area contributed by atoms with Crippen molar-refractivity contribution in [1.82, 2.24) is 4.90 Å². The highest BCUT2D eigenvalue weighted by atomic mass is 16.5. The van der Waals surface area contributed by atoms with E-state index in [0.717, 1.165) is 51.5 Å². The minimum atomic E-state index is -0.205. The molecule has 1 amide bonds. The van der Waals surface area contributed by atoms with Crippen LogP contribution in [0.5, 0.6) is 0 Å². The van der Waals surface area contributed by atoms with Gasteiger partial charge in [-0.3, -0.25) is 4.79 Å². The number of likely N-dealkylation sites (tertiary alicyclic amines) is 1. The first-order valence-electron chi connectivity index (χ1n) is 8.68. The van der Waals surface area contributed by atoms with Crippen molar-refractivity contribution in [3.05, 3.63) is 0 Å². The van der Waals surface area contributed by atoms with Crippen LogP contribution in [-0.4, -0.2) is 47.3 Å². The maximum absolute atomic E-state index is 12.8. The second-order valence-electron chi connectivity index (χ2n) is 7.23. The van der Waals surface area contributed by atoms with E-state index in [1.165, 1.54) is 12.8 Å². The summed E-state index contributed by atoms with van der Waals surface area (Å²) in [6.07, 6.45) is 9.96. The summed E-state index contributed by atoms with van der Waals surface area (Å²) >= 11 is 0. The van der Waals surface area contributed by atoms with Gasteiger partial charge in [0.15, 0.2) is 0 Å². The Kier molecular flexibility index (Phi) is 4.55. The fourth-order valence-electron chi connectivity index (χ4n) is 4.53. The number of carbonyl (C=O) groups is 1. The van der Waals surface area contributed by atoms with Crippen molar-refractivity contribution in [3.8, 4) is 0 Å².